The molecule has 0 aromatic heterocycles. The maximum atomic E-state index is 14.5. The van der Waals surface area contributed by atoms with Gasteiger partial charge in [0.2, 0.25) is 0 Å². The average molecular weight is 881 g/mol. The van der Waals surface area contributed by atoms with Crippen LogP contribution in [0.3, 0.4) is 0 Å². The lowest BCUT2D eigenvalue weighted by Gasteiger charge is -2.50. The molecule has 3 aliphatic heterocycles. The Morgan fingerprint density at radius 1 is 0.871 bits per heavy atom. The fourth-order valence-corrected chi connectivity index (χ4v) is 9.89. The van der Waals surface area contributed by atoms with Gasteiger partial charge in [0.25, 0.3) is 0 Å². The molecule has 5 N–H and O–H groups in total. The van der Waals surface area contributed by atoms with E-state index in [0.717, 1.165) is 6.42 Å². The zero-order chi connectivity index (χ0) is 46.3. The van der Waals surface area contributed by atoms with Crippen LogP contribution in [0.4, 0.5) is 0 Å². The number of hydrogen-bond acceptors (Lipinski definition) is 15. The lowest BCUT2D eigenvalue weighted by molar-refractivity contribution is -0.320. The quantitative estimate of drug-likeness (QED) is 0.134. The predicted octanol–water partition coefficient (Wildman–Crippen LogP) is 3.64. The van der Waals surface area contributed by atoms with Gasteiger partial charge in [-0.1, -0.05) is 58.0 Å². The molecular formula is C47H80N2O13. The van der Waals surface area contributed by atoms with Gasteiger partial charge in [-0.25, -0.2) is 0 Å². The number of esters is 1. The molecule has 0 aliphatic carbocycles. The fraction of sp³-hybridized carbons (Fsp3) is 0.830. The summed E-state index contributed by atoms with van der Waals surface area (Å²) in [5.41, 5.74) is -3.17. The Balaban J connectivity index is 1.85. The molecule has 18 atom stereocenters. The van der Waals surface area contributed by atoms with Gasteiger partial charge in [-0.15, -0.1) is 0 Å². The van der Waals surface area contributed by atoms with Gasteiger partial charge in [0.15, 0.2) is 12.6 Å². The largest absolute Gasteiger partial charge is 0.459 e. The van der Waals surface area contributed by atoms with Crippen molar-refractivity contribution in [3.05, 3.63) is 35.9 Å². The van der Waals surface area contributed by atoms with Crippen molar-refractivity contribution < 1.29 is 63.2 Å². The highest BCUT2D eigenvalue weighted by molar-refractivity contribution is 5.83. The molecule has 3 saturated heterocycles. The van der Waals surface area contributed by atoms with Crippen LogP contribution in [-0.4, -0.2) is 162 Å². The first-order chi connectivity index (χ1) is 29.0. The van der Waals surface area contributed by atoms with Crippen LogP contribution < -0.4 is 5.32 Å². The van der Waals surface area contributed by atoms with Gasteiger partial charge in [0.1, 0.15) is 29.7 Å². The summed E-state index contributed by atoms with van der Waals surface area (Å²) >= 11 is 0. The second-order valence-corrected chi connectivity index (χ2v) is 19.3. The van der Waals surface area contributed by atoms with Gasteiger partial charge < -0.3 is 63.8 Å². The first kappa shape index (κ1) is 52.5. The molecule has 4 rings (SSSR count). The summed E-state index contributed by atoms with van der Waals surface area (Å²) in [6.45, 7) is 18.6. The second kappa shape index (κ2) is 22.4. The molecule has 3 fully saturated rings. The van der Waals surface area contributed by atoms with Crippen molar-refractivity contribution in [3.63, 3.8) is 0 Å². The topological polar surface area (TPSA) is 195 Å². The number of ketones is 1. The summed E-state index contributed by atoms with van der Waals surface area (Å²) in [6.07, 6.45) is -8.26. The highest BCUT2D eigenvalue weighted by atomic mass is 16.7. The van der Waals surface area contributed by atoms with Gasteiger partial charge in [-0.2, -0.15) is 0 Å². The van der Waals surface area contributed by atoms with Crippen LogP contribution in [0.1, 0.15) is 100 Å². The summed E-state index contributed by atoms with van der Waals surface area (Å²) < 4.78 is 45.3. The Labute approximate surface area is 370 Å². The number of rotatable bonds is 14. The van der Waals surface area contributed by atoms with E-state index in [4.69, 9.17) is 33.2 Å². The number of likely N-dealkylation sites (N-methyl/N-ethyl adjacent to an activating group) is 1. The molecule has 1 aromatic carbocycles. The van der Waals surface area contributed by atoms with Gasteiger partial charge in [-0.05, 0) is 93.4 Å². The zero-order valence-corrected chi connectivity index (χ0v) is 39.6. The Kier molecular flexibility index (Phi) is 19.0. The van der Waals surface area contributed by atoms with Gasteiger partial charge in [0, 0.05) is 43.9 Å². The van der Waals surface area contributed by atoms with Crippen LogP contribution >= 0.6 is 0 Å². The molecule has 15 heteroatoms. The molecule has 0 spiro atoms. The monoisotopic (exact) mass is 881 g/mol. The maximum absolute atomic E-state index is 14.5. The minimum atomic E-state index is -1.99. The number of aliphatic hydroxyl groups excluding tert-OH is 3. The number of ether oxygens (including phenoxy) is 7. The Morgan fingerprint density at radius 2 is 1.53 bits per heavy atom. The highest BCUT2D eigenvalue weighted by Crippen LogP contribution is 2.42. The summed E-state index contributed by atoms with van der Waals surface area (Å²) in [7, 11) is 5.29. The molecule has 1 aromatic rings. The molecule has 0 unspecified atom stereocenters. The van der Waals surface area contributed by atoms with Crippen molar-refractivity contribution in [1.29, 1.82) is 0 Å². The number of carbonyl (C=O) groups is 2. The number of nitrogens with zero attached hydrogens (tertiary/aromatic N) is 1. The number of hydrogen-bond donors (Lipinski definition) is 5. The lowest BCUT2D eigenvalue weighted by atomic mass is 9.73. The molecule has 356 valence electrons. The smallest absolute Gasteiger partial charge is 0.311 e. The molecule has 3 heterocycles. The molecular weight excluding hydrogens is 801 g/mol. The number of cyclic esters (lactones) is 1. The Morgan fingerprint density at radius 3 is 2.15 bits per heavy atom. The number of carbonyl (C=O) groups excluding carboxylic acids is 2. The van der Waals surface area contributed by atoms with Gasteiger partial charge >= 0.3 is 5.97 Å². The van der Waals surface area contributed by atoms with Crippen LogP contribution in [0.15, 0.2) is 30.3 Å². The van der Waals surface area contributed by atoms with E-state index in [0.29, 0.717) is 19.5 Å². The third kappa shape index (κ3) is 12.4. The third-order valence-corrected chi connectivity index (χ3v) is 13.9. The number of nitrogens with one attached hydrogen (secondary N) is 1. The maximum Gasteiger partial charge on any atom is 0.311 e. The first-order valence-electron chi connectivity index (χ1n) is 22.7. The molecule has 0 bridgehead atoms. The van der Waals surface area contributed by atoms with Crippen LogP contribution in [-0.2, 0) is 49.2 Å². The van der Waals surface area contributed by atoms with Crippen LogP contribution in [0, 0.1) is 23.7 Å². The van der Waals surface area contributed by atoms with Crippen molar-refractivity contribution >= 4 is 11.8 Å². The minimum Gasteiger partial charge on any atom is -0.459 e. The summed E-state index contributed by atoms with van der Waals surface area (Å²) in [6, 6.07) is 9.83. The van der Waals surface area contributed by atoms with Gasteiger partial charge in [-0.3, -0.25) is 9.59 Å². The van der Waals surface area contributed by atoms with E-state index in [-0.39, 0.29) is 43.8 Å². The summed E-state index contributed by atoms with van der Waals surface area (Å²) in [5.74, 6) is -4.62. The van der Waals surface area contributed by atoms with Crippen molar-refractivity contribution in [1.82, 2.24) is 10.2 Å². The van der Waals surface area contributed by atoms with Crippen LogP contribution in [0.2, 0.25) is 0 Å². The van der Waals surface area contributed by atoms with Crippen molar-refractivity contribution in [2.45, 2.75) is 186 Å². The Hall–Kier alpha value is -2.12. The number of Topliss-reactive ketones (excluding diaryl/α,β-unsaturated/α-hetero) is 1. The molecule has 0 saturated carbocycles. The van der Waals surface area contributed by atoms with Crippen LogP contribution in [0.25, 0.3) is 0 Å². The van der Waals surface area contributed by atoms with Crippen molar-refractivity contribution in [3.8, 4) is 0 Å². The fourth-order valence-electron chi connectivity index (χ4n) is 9.89. The lowest BCUT2D eigenvalue weighted by Crippen LogP contribution is -2.61. The molecule has 3 aliphatic rings. The molecule has 0 amide bonds. The van der Waals surface area contributed by atoms with Crippen molar-refractivity contribution in [2.24, 2.45) is 23.7 Å². The zero-order valence-electron chi connectivity index (χ0n) is 39.6. The second-order valence-electron chi connectivity index (χ2n) is 19.3. The SMILES string of the molecule is CC[C@H]1OC(=O)[C@H](C)[C@@H](O[C@H]2C[C@@](C)(OC)[C@@H](O)[C@H](C)O2)[C@H](C)[C@@H](O[C@@H]2O[C@H](C)C[C@H](N(C)C)[C@H]2O)[C@@](C)(OCCNCCc2ccccc2)C[C@@H](C)C(=O)[C@H](C)[C@@H](O)[C@]1(C)O. The van der Waals surface area contributed by atoms with E-state index < -0.39 is 102 Å². The third-order valence-electron chi connectivity index (χ3n) is 13.9. The van der Waals surface area contributed by atoms with E-state index in [9.17, 15) is 30.0 Å². The average Bonchev–Trinajstić information content (AvgIpc) is 3.23. The normalized spacial score (nSPS) is 43.0. The number of aliphatic hydroxyl groups is 4. The van der Waals surface area contributed by atoms with Gasteiger partial charge in [0.05, 0.1) is 54.2 Å². The summed E-state index contributed by atoms with van der Waals surface area (Å²) in [5, 5.41) is 49.9. The highest BCUT2D eigenvalue weighted by Gasteiger charge is 2.54. The number of benzene rings is 1. The van der Waals surface area contributed by atoms with E-state index >= 15 is 0 Å². The van der Waals surface area contributed by atoms with E-state index in [1.807, 2.05) is 58.0 Å². The van der Waals surface area contributed by atoms with Crippen molar-refractivity contribution in [2.75, 3.05) is 40.9 Å². The van der Waals surface area contributed by atoms with E-state index in [1.165, 1.54) is 19.6 Å². The Bertz CT molecular complexity index is 1550. The summed E-state index contributed by atoms with van der Waals surface area (Å²) in [4.78, 5) is 30.8. The first-order valence-corrected chi connectivity index (χ1v) is 22.7. The predicted molar refractivity (Wildman–Crippen MR) is 233 cm³/mol. The van der Waals surface area contributed by atoms with E-state index in [2.05, 4.69) is 17.4 Å². The van der Waals surface area contributed by atoms with E-state index in [1.54, 1.807) is 41.5 Å². The molecule has 15 nitrogen and oxygen atoms in total. The molecule has 62 heavy (non-hydrogen) atoms. The molecule has 0 radical (unpaired) electrons. The standard InChI is InChI=1S/C47H80N2O13/c1-14-35-47(10,55)40(52)29(4)37(50)27(2)25-46(9,57-23-22-48-21-20-33-18-16-15-17-19-33)42(62-44-38(51)34(49(11)12)24-28(3)58-44)30(5)39(31(6)43(54)60-35)61-36-26-45(8,56-13)41(53)32(7)59-36/h15-19,27-32,34-36,38-42,44,48,51-53,55H,14,20-26H2,1-13H3/t27-,28-,29+,30+,31-,32+,34+,35-,36+,38-,39+,40-,41+,42-,44+,45-,46+,47-/m1/s1. The minimum absolute atomic E-state index is 0.0905. The van der Waals surface area contributed by atoms with Crippen LogP contribution in [0.5, 0.6) is 0 Å². The number of methoxy groups -OCH3 is 1.